The minimum absolute atomic E-state index is 0.134. The van der Waals surface area contributed by atoms with Gasteiger partial charge in [-0.15, -0.1) is 0 Å². The lowest BCUT2D eigenvalue weighted by atomic mass is 9.91. The molecule has 2 heterocycles. The Balaban J connectivity index is 1.44. The summed E-state index contributed by atoms with van der Waals surface area (Å²) in [6, 6.07) is 5.32. The van der Waals surface area contributed by atoms with Gasteiger partial charge in [-0.1, -0.05) is 12.8 Å². The molecule has 1 aliphatic heterocycles. The third-order valence-corrected chi connectivity index (χ3v) is 6.54. The second-order valence-electron chi connectivity index (χ2n) is 9.17. The molecular weight excluding hydrogens is 438 g/mol. The maximum Gasteiger partial charge on any atom is 0.268 e. The number of aromatic nitrogens is 1. The number of ether oxygens (including phenoxy) is 1. The van der Waals surface area contributed by atoms with E-state index in [1.807, 2.05) is 12.1 Å². The van der Waals surface area contributed by atoms with E-state index in [1.165, 1.54) is 0 Å². The van der Waals surface area contributed by atoms with Crippen molar-refractivity contribution in [2.24, 2.45) is 17.6 Å². The van der Waals surface area contributed by atoms with E-state index < -0.39 is 29.8 Å². The molecule has 1 saturated carbocycles. The highest BCUT2D eigenvalue weighted by molar-refractivity contribution is 6.01. The molecule has 1 aliphatic carbocycles. The number of nitrogens with two attached hydrogens (primary N) is 1. The smallest absolute Gasteiger partial charge is 0.268 e. The van der Waals surface area contributed by atoms with Gasteiger partial charge in [-0.2, -0.15) is 0 Å². The van der Waals surface area contributed by atoms with Gasteiger partial charge in [0.05, 0.1) is 7.11 Å². The van der Waals surface area contributed by atoms with Crippen LogP contribution in [0.4, 0.5) is 0 Å². The first-order valence-electron chi connectivity index (χ1n) is 11.7. The minimum atomic E-state index is -0.986. The van der Waals surface area contributed by atoms with E-state index in [9.17, 15) is 19.2 Å². The fourth-order valence-electron chi connectivity index (χ4n) is 4.38. The van der Waals surface area contributed by atoms with Crippen LogP contribution in [0, 0.1) is 11.8 Å². The molecule has 0 radical (unpaired) electrons. The molecule has 0 spiro atoms. The maximum atomic E-state index is 13.1. The fourth-order valence-corrected chi connectivity index (χ4v) is 4.38. The molecule has 1 saturated heterocycles. The van der Waals surface area contributed by atoms with Gasteiger partial charge in [0, 0.05) is 23.4 Å². The second kappa shape index (κ2) is 10.1. The van der Waals surface area contributed by atoms with E-state index in [-0.39, 0.29) is 18.2 Å². The summed E-state index contributed by atoms with van der Waals surface area (Å²) in [5.74, 6) is -1.09. The summed E-state index contributed by atoms with van der Waals surface area (Å²) in [6.07, 6.45) is 4.05. The van der Waals surface area contributed by atoms with E-state index in [0.717, 1.165) is 30.2 Å². The molecule has 0 bridgehead atoms. The van der Waals surface area contributed by atoms with Crippen LogP contribution in [0.25, 0.3) is 10.9 Å². The molecule has 2 aliphatic rings. The van der Waals surface area contributed by atoms with E-state index >= 15 is 0 Å². The number of H-pyrrole nitrogens is 1. The maximum absolute atomic E-state index is 13.1. The summed E-state index contributed by atoms with van der Waals surface area (Å²) in [5, 5.41) is 9.08. The first-order valence-corrected chi connectivity index (χ1v) is 11.7. The van der Waals surface area contributed by atoms with E-state index in [4.69, 9.17) is 10.5 Å². The number of primary amides is 1. The van der Waals surface area contributed by atoms with Crippen LogP contribution in [0.5, 0.6) is 5.75 Å². The topological polar surface area (TPSA) is 155 Å². The van der Waals surface area contributed by atoms with Crippen molar-refractivity contribution in [1.82, 2.24) is 20.9 Å². The Hall–Kier alpha value is -3.56. The zero-order valence-corrected chi connectivity index (χ0v) is 19.2. The predicted molar refractivity (Wildman–Crippen MR) is 125 cm³/mol. The number of hydrogen-bond donors (Lipinski definition) is 5. The number of aromatic amines is 1. The second-order valence-corrected chi connectivity index (χ2v) is 9.17. The molecule has 1 aromatic carbocycles. The average Bonchev–Trinajstić information content (AvgIpc) is 3.53. The van der Waals surface area contributed by atoms with Crippen LogP contribution >= 0.6 is 0 Å². The number of piperidine rings is 1. The van der Waals surface area contributed by atoms with Crippen molar-refractivity contribution in [3.8, 4) is 5.75 Å². The van der Waals surface area contributed by atoms with Crippen LogP contribution < -0.4 is 26.4 Å². The Morgan fingerprint density at radius 3 is 2.59 bits per heavy atom. The summed E-state index contributed by atoms with van der Waals surface area (Å²) in [4.78, 5) is 53.3. The first-order chi connectivity index (χ1) is 16.3. The fraction of sp³-hybridized carbons (Fsp3) is 0.500. The van der Waals surface area contributed by atoms with Crippen molar-refractivity contribution in [1.29, 1.82) is 0 Å². The number of amides is 4. The van der Waals surface area contributed by atoms with Crippen LogP contribution in [0.1, 0.15) is 49.0 Å². The molecule has 4 rings (SSSR count). The number of carbonyl (C=O) groups excluding carboxylic acids is 4. The summed E-state index contributed by atoms with van der Waals surface area (Å²) in [6.45, 7) is 0.610. The van der Waals surface area contributed by atoms with Gasteiger partial charge in [-0.05, 0) is 55.9 Å². The van der Waals surface area contributed by atoms with Crippen LogP contribution in [0.2, 0.25) is 0 Å². The molecule has 34 heavy (non-hydrogen) atoms. The molecule has 1 aromatic heterocycles. The lowest BCUT2D eigenvalue weighted by Crippen LogP contribution is -2.54. The molecule has 4 amide bonds. The Morgan fingerprint density at radius 2 is 1.91 bits per heavy atom. The van der Waals surface area contributed by atoms with Gasteiger partial charge in [0.25, 0.3) is 5.91 Å². The molecular formula is C24H31N5O5. The van der Waals surface area contributed by atoms with Gasteiger partial charge in [0.1, 0.15) is 23.5 Å². The monoisotopic (exact) mass is 469 g/mol. The van der Waals surface area contributed by atoms with E-state index in [0.29, 0.717) is 36.7 Å². The predicted octanol–water partition coefficient (Wildman–Crippen LogP) is 0.961. The molecule has 3 atom stereocenters. The summed E-state index contributed by atoms with van der Waals surface area (Å²) in [7, 11) is 1.57. The highest BCUT2D eigenvalue weighted by atomic mass is 16.5. The number of benzene rings is 1. The van der Waals surface area contributed by atoms with Gasteiger partial charge in [0.2, 0.25) is 17.7 Å². The summed E-state index contributed by atoms with van der Waals surface area (Å²) in [5.41, 5.74) is 6.63. The van der Waals surface area contributed by atoms with Crippen LogP contribution in [0.15, 0.2) is 24.3 Å². The zero-order valence-electron chi connectivity index (χ0n) is 19.2. The third kappa shape index (κ3) is 5.67. The number of hydrogen-bond acceptors (Lipinski definition) is 5. The molecule has 2 fully saturated rings. The lowest BCUT2D eigenvalue weighted by Gasteiger charge is -2.27. The van der Waals surface area contributed by atoms with Gasteiger partial charge in [0.15, 0.2) is 0 Å². The van der Waals surface area contributed by atoms with E-state index in [2.05, 4.69) is 20.9 Å². The highest BCUT2D eigenvalue weighted by Crippen LogP contribution is 2.33. The van der Waals surface area contributed by atoms with Crippen molar-refractivity contribution in [3.63, 3.8) is 0 Å². The normalized spacial score (nSPS) is 19.7. The Morgan fingerprint density at radius 1 is 1.12 bits per heavy atom. The largest absolute Gasteiger partial charge is 0.497 e. The zero-order chi connectivity index (χ0) is 24.2. The number of rotatable bonds is 10. The van der Waals surface area contributed by atoms with Crippen LogP contribution in [-0.4, -0.2) is 54.4 Å². The Labute approximate surface area is 197 Å². The van der Waals surface area contributed by atoms with Crippen molar-refractivity contribution < 1.29 is 23.9 Å². The van der Waals surface area contributed by atoms with Gasteiger partial charge < -0.3 is 31.4 Å². The van der Waals surface area contributed by atoms with E-state index in [1.54, 1.807) is 19.2 Å². The van der Waals surface area contributed by atoms with Crippen molar-refractivity contribution in [2.75, 3.05) is 13.7 Å². The Kier molecular flexibility index (Phi) is 7.04. The van der Waals surface area contributed by atoms with Crippen LogP contribution in [0.3, 0.4) is 0 Å². The quantitative estimate of drug-likeness (QED) is 0.350. The van der Waals surface area contributed by atoms with Crippen molar-refractivity contribution >= 4 is 34.5 Å². The molecule has 2 aromatic rings. The standard InChI is InChI=1S/C24H31N5O5/c1-34-16-6-7-17-15(10-16)12-20(27-17)24(33)29-19(9-13-4-5-13)23(32)28-18(21(25)30)11-14-3-2-8-26-22(14)31/h6-7,10,12-14,18-19,27H,2-5,8-9,11H2,1H3,(H2,25,30)(H,26,31)(H,28,32)(H,29,33)/t14-,18-,19-/m0/s1. The third-order valence-electron chi connectivity index (χ3n) is 6.54. The average molecular weight is 470 g/mol. The van der Waals surface area contributed by atoms with Gasteiger partial charge in [-0.3, -0.25) is 19.2 Å². The number of fused-ring (bicyclic) bond motifs is 1. The first kappa shape index (κ1) is 23.6. The van der Waals surface area contributed by atoms with Gasteiger partial charge >= 0.3 is 0 Å². The number of methoxy groups -OCH3 is 1. The van der Waals surface area contributed by atoms with Gasteiger partial charge in [-0.25, -0.2) is 0 Å². The minimum Gasteiger partial charge on any atom is -0.497 e. The molecule has 10 nitrogen and oxygen atoms in total. The number of nitrogens with one attached hydrogen (secondary N) is 4. The highest BCUT2D eigenvalue weighted by Gasteiger charge is 2.34. The summed E-state index contributed by atoms with van der Waals surface area (Å²) < 4.78 is 5.23. The van der Waals surface area contributed by atoms with Crippen molar-refractivity contribution in [2.45, 2.75) is 50.6 Å². The lowest BCUT2D eigenvalue weighted by molar-refractivity contribution is -0.131. The van der Waals surface area contributed by atoms with Crippen LogP contribution in [-0.2, 0) is 14.4 Å². The molecule has 10 heteroatoms. The van der Waals surface area contributed by atoms with Crippen molar-refractivity contribution in [3.05, 3.63) is 30.0 Å². The summed E-state index contributed by atoms with van der Waals surface area (Å²) >= 11 is 0. The molecule has 0 unspecified atom stereocenters. The SMILES string of the molecule is COc1ccc2[nH]c(C(=O)N[C@@H](CC3CC3)C(=O)N[C@@H](C[C@@H]3CCCNC3=O)C(N)=O)cc2c1. The molecule has 6 N–H and O–H groups in total. The number of carbonyl (C=O) groups is 4. The molecule has 182 valence electrons. The Bertz CT molecular complexity index is 1090.